The minimum absolute atomic E-state index is 0. The molecule has 0 aromatic heterocycles. The van der Waals surface area contributed by atoms with Crippen molar-refractivity contribution in [2.45, 2.75) is 11.8 Å². The fourth-order valence-corrected chi connectivity index (χ4v) is 0. The summed E-state index contributed by atoms with van der Waals surface area (Å²) >= 11 is 10.1. The Balaban J connectivity index is -0.00000000750. The van der Waals surface area contributed by atoms with Crippen LogP contribution >= 0.6 is 23.2 Å². The van der Waals surface area contributed by atoms with Gasteiger partial charge in [0.2, 0.25) is 0 Å². The van der Waals surface area contributed by atoms with Crippen LogP contribution in [0.1, 0.15) is 6.92 Å². The van der Waals surface area contributed by atoms with Crippen molar-refractivity contribution in [3.8, 4) is 0 Å². The smallest absolute Gasteiger partial charge is 1.00 e. The Labute approximate surface area is 89.0 Å². The number of rotatable bonds is 0. The first-order chi connectivity index (χ1) is 1.73. The van der Waals surface area contributed by atoms with Gasteiger partial charge in [-0.05, 0) is 6.92 Å². The zero-order valence-electron chi connectivity index (χ0n) is 4.04. The molecule has 0 aliphatic carbocycles. The molecular weight excluding hydrogens is 228 g/mol. The quantitative estimate of drug-likeness (QED) is 0.287. The summed E-state index contributed by atoms with van der Waals surface area (Å²) in [5, 5.41) is 0. The van der Waals surface area contributed by atoms with Crippen LogP contribution in [0.2, 0.25) is 0 Å². The molecule has 0 spiro atoms. The Kier molecular flexibility index (Phi) is 93.5. The van der Waals surface area contributed by atoms with Crippen molar-refractivity contribution in [3.05, 3.63) is 0 Å². The van der Waals surface area contributed by atoms with Crippen molar-refractivity contribution in [2.24, 2.45) is 0 Å². The number of hydrogen-bond donors (Lipinski definition) is 0. The van der Waals surface area contributed by atoms with E-state index in [2.05, 4.69) is 0 Å². The molecule has 0 atom stereocenters. The van der Waals surface area contributed by atoms with Crippen LogP contribution in [0.3, 0.4) is 0 Å². The second kappa shape index (κ2) is 23.1. The average Bonchev–Trinajstić information content (AvgIpc) is 0.811. The Morgan fingerprint density at radius 3 is 1.00 bits per heavy atom. The summed E-state index contributed by atoms with van der Waals surface area (Å²) in [5.74, 6) is 0. The van der Waals surface area contributed by atoms with E-state index in [0.717, 1.165) is 0 Å². The minimum atomic E-state index is -0.222. The summed E-state index contributed by atoms with van der Waals surface area (Å²) in [7, 11) is 0. The van der Waals surface area contributed by atoms with Gasteiger partial charge in [0.1, 0.15) is 4.84 Å². The van der Waals surface area contributed by atoms with Gasteiger partial charge in [0.25, 0.3) is 0 Å². The molecule has 50 valence electrons. The largest absolute Gasteiger partial charge is 3.00 e. The second-order valence-corrected chi connectivity index (χ2v) is 2.05. The van der Waals surface area contributed by atoms with Gasteiger partial charge in [-0.25, -0.2) is 0 Å². The van der Waals surface area contributed by atoms with Crippen LogP contribution in [0.25, 0.3) is 0 Å². The summed E-state index contributed by atoms with van der Waals surface area (Å²) in [4.78, 5) is -0.222. The third-order valence-electron chi connectivity index (χ3n) is 0. The van der Waals surface area contributed by atoms with Gasteiger partial charge in [-0.1, -0.05) is 0 Å². The molecule has 0 heterocycles. The molecule has 0 aromatic rings. The summed E-state index contributed by atoms with van der Waals surface area (Å²) < 4.78 is 0. The normalized spacial score (nSPS) is 4.50. The van der Waals surface area contributed by atoms with Crippen molar-refractivity contribution in [2.75, 3.05) is 0 Å². The molecule has 0 N–H and O–H groups in total. The maximum Gasteiger partial charge on any atom is 3.00 e. The number of hydrogen-bond acceptors (Lipinski definition) is 0. The van der Waals surface area contributed by atoms with Gasteiger partial charge < -0.3 is 37.2 Å². The maximum absolute atomic E-state index is 5.04. The van der Waals surface area contributed by atoms with Gasteiger partial charge >= 0.3 is 17.4 Å². The second-order valence-electron chi connectivity index (χ2n) is 0.519. The van der Waals surface area contributed by atoms with Gasteiger partial charge in [0.15, 0.2) is 0 Å². The van der Waals surface area contributed by atoms with E-state index in [1.165, 1.54) is 0 Å². The van der Waals surface area contributed by atoms with Crippen molar-refractivity contribution >= 4 is 40.6 Å². The molecule has 0 radical (unpaired) electrons. The summed E-state index contributed by atoms with van der Waals surface area (Å²) in [6, 6.07) is 0. The molecule has 6 heteroatoms. The van der Waals surface area contributed by atoms with Crippen LogP contribution in [-0.4, -0.2) is 22.2 Å². The van der Waals surface area contributed by atoms with Crippen molar-refractivity contribution in [3.63, 3.8) is 0 Å². The Morgan fingerprint density at radius 1 is 1.00 bits per heavy atom. The van der Waals surface area contributed by atoms with Crippen molar-refractivity contribution < 1.29 is 37.2 Å². The van der Waals surface area contributed by atoms with E-state index in [-0.39, 0.29) is 59.4 Å². The van der Waals surface area contributed by atoms with E-state index in [4.69, 9.17) is 23.2 Å². The molecule has 8 heavy (non-hydrogen) atoms. The molecule has 0 bridgehead atoms. The molecule has 0 nitrogen and oxygen atoms in total. The van der Waals surface area contributed by atoms with E-state index in [1.807, 2.05) is 0 Å². The fraction of sp³-hybridized carbons (Fsp3) is 1.00. The summed E-state index contributed by atoms with van der Waals surface area (Å²) in [6.45, 7) is 1.70. The molecule has 0 aromatic carbocycles. The first kappa shape index (κ1) is 32.4. The van der Waals surface area contributed by atoms with Gasteiger partial charge in [0.05, 0.1) is 0 Å². The molecule has 0 rings (SSSR count). The Hall–Kier alpha value is 1.98. The SMILES string of the molecule is CC(Cl)Cl.[Al+3].[Cl-].[Cl-].[Cl-]. The summed E-state index contributed by atoms with van der Waals surface area (Å²) in [5.41, 5.74) is 0. The molecule has 0 aliphatic rings. The first-order valence-electron chi connectivity index (χ1n) is 1.01. The molecule has 0 fully saturated rings. The van der Waals surface area contributed by atoms with E-state index in [9.17, 15) is 0 Å². The van der Waals surface area contributed by atoms with Gasteiger partial charge in [-0.15, -0.1) is 23.2 Å². The molecule has 0 unspecified atom stereocenters. The standard InChI is InChI=1S/C2H4Cl2.Al.3ClH/c1-2(3)4;;;;/h2H,1H3;;3*1H/q;+3;;;/p-3. The maximum atomic E-state index is 5.04. The molecule has 0 amide bonds. The first-order valence-corrected chi connectivity index (χ1v) is 1.89. The van der Waals surface area contributed by atoms with Crippen molar-refractivity contribution in [1.29, 1.82) is 0 Å². The number of halogens is 5. The molecule has 0 saturated heterocycles. The fourth-order valence-electron chi connectivity index (χ4n) is 0. The third kappa shape index (κ3) is 99.0. The number of alkyl halides is 2. The predicted molar refractivity (Wildman–Crippen MR) is 26.9 cm³/mol. The van der Waals surface area contributed by atoms with Crippen LogP contribution in [0.15, 0.2) is 0 Å². The summed E-state index contributed by atoms with van der Waals surface area (Å²) in [6.07, 6.45) is 0. The van der Waals surface area contributed by atoms with Gasteiger partial charge in [-0.2, -0.15) is 0 Å². The van der Waals surface area contributed by atoms with E-state index < -0.39 is 0 Å². The van der Waals surface area contributed by atoms with Crippen molar-refractivity contribution in [1.82, 2.24) is 0 Å². The van der Waals surface area contributed by atoms with E-state index in [0.29, 0.717) is 0 Å². The van der Waals surface area contributed by atoms with Crippen LogP contribution in [0, 0.1) is 0 Å². The van der Waals surface area contributed by atoms with Gasteiger partial charge in [0, 0.05) is 0 Å². The van der Waals surface area contributed by atoms with E-state index >= 15 is 0 Å². The minimum Gasteiger partial charge on any atom is -1.00 e. The molecule has 0 aliphatic heterocycles. The molecular formula is C2H4AlCl5. The predicted octanol–water partition coefficient (Wildman–Crippen LogP) is -7.56. The van der Waals surface area contributed by atoms with Crippen LogP contribution in [-0.2, 0) is 0 Å². The zero-order chi connectivity index (χ0) is 3.58. The third-order valence-corrected chi connectivity index (χ3v) is 0. The van der Waals surface area contributed by atoms with Crippen LogP contribution < -0.4 is 37.2 Å². The van der Waals surface area contributed by atoms with Crippen LogP contribution in [0.4, 0.5) is 0 Å². The zero-order valence-corrected chi connectivity index (χ0v) is 8.98. The monoisotopic (exact) mass is 230 g/mol. The van der Waals surface area contributed by atoms with Crippen LogP contribution in [0.5, 0.6) is 0 Å². The van der Waals surface area contributed by atoms with Gasteiger partial charge in [-0.3, -0.25) is 0 Å². The Bertz CT molecular complexity index is 15.1. The topological polar surface area (TPSA) is 0 Å². The average molecular weight is 232 g/mol. The Morgan fingerprint density at radius 2 is 1.00 bits per heavy atom. The molecule has 0 saturated carbocycles. The van der Waals surface area contributed by atoms with E-state index in [1.54, 1.807) is 6.92 Å².